The molecule has 0 aliphatic rings. The molecule has 0 spiro atoms. The summed E-state index contributed by atoms with van der Waals surface area (Å²) in [6, 6.07) is 0.378. The van der Waals surface area contributed by atoms with Crippen molar-refractivity contribution in [1.29, 1.82) is 0 Å². The van der Waals surface area contributed by atoms with Gasteiger partial charge in [0.1, 0.15) is 0 Å². The molecule has 16 heavy (non-hydrogen) atoms. The Hall–Kier alpha value is -0.0800. The van der Waals surface area contributed by atoms with Crippen molar-refractivity contribution >= 4 is 0 Å². The van der Waals surface area contributed by atoms with Crippen molar-refractivity contribution in [2.24, 2.45) is 5.73 Å². The summed E-state index contributed by atoms with van der Waals surface area (Å²) in [5.41, 5.74) is 6.06. The van der Waals surface area contributed by atoms with Crippen molar-refractivity contribution in [2.45, 2.75) is 83.8 Å². The van der Waals surface area contributed by atoms with Crippen LogP contribution in [0.2, 0.25) is 0 Å². The van der Waals surface area contributed by atoms with E-state index >= 15 is 0 Å². The zero-order valence-corrected chi connectivity index (χ0v) is 11.5. The maximum atomic E-state index is 6.06. The molecule has 0 amide bonds. The van der Waals surface area contributed by atoms with Gasteiger partial charge in [-0.05, 0) is 26.2 Å². The van der Waals surface area contributed by atoms with Crippen LogP contribution in [0.5, 0.6) is 0 Å². The molecule has 0 aliphatic carbocycles. The van der Waals surface area contributed by atoms with Crippen LogP contribution in [0.3, 0.4) is 0 Å². The van der Waals surface area contributed by atoms with Crippen LogP contribution in [0.1, 0.15) is 71.6 Å². The summed E-state index contributed by atoms with van der Waals surface area (Å²) in [5.74, 6) is 0. The van der Waals surface area contributed by atoms with E-state index in [0.29, 0.717) is 12.1 Å². The first kappa shape index (κ1) is 15.9. The van der Waals surface area contributed by atoms with Gasteiger partial charge >= 0.3 is 0 Å². The minimum Gasteiger partial charge on any atom is -0.382 e. The van der Waals surface area contributed by atoms with Crippen molar-refractivity contribution < 1.29 is 4.74 Å². The van der Waals surface area contributed by atoms with Crippen LogP contribution in [-0.2, 0) is 4.74 Å². The average Bonchev–Trinajstić information content (AvgIpc) is 2.30. The highest BCUT2D eigenvalue weighted by molar-refractivity contribution is 4.63. The molecule has 0 aromatic rings. The first-order chi connectivity index (χ1) is 7.70. The van der Waals surface area contributed by atoms with Crippen molar-refractivity contribution in [3.8, 4) is 0 Å². The standard InChI is InChI=1S/C14H31NO/c1-4-5-6-7-8-9-10-14(15)12-11-13(2)16-3/h13-14H,4-12,15H2,1-3H3. The van der Waals surface area contributed by atoms with Gasteiger partial charge in [-0.2, -0.15) is 0 Å². The number of rotatable bonds is 11. The maximum Gasteiger partial charge on any atom is 0.0543 e. The van der Waals surface area contributed by atoms with Crippen LogP contribution in [0.15, 0.2) is 0 Å². The maximum absolute atomic E-state index is 6.06. The van der Waals surface area contributed by atoms with Crippen LogP contribution in [0, 0.1) is 0 Å². The van der Waals surface area contributed by atoms with Gasteiger partial charge < -0.3 is 10.5 Å². The Balaban J connectivity index is 3.20. The third-order valence-electron chi connectivity index (χ3n) is 3.27. The molecule has 0 fully saturated rings. The third kappa shape index (κ3) is 10.4. The molecule has 0 rings (SSSR count). The average molecular weight is 229 g/mol. The lowest BCUT2D eigenvalue weighted by Crippen LogP contribution is -2.21. The second-order valence-corrected chi connectivity index (χ2v) is 4.94. The highest BCUT2D eigenvalue weighted by Crippen LogP contribution is 2.11. The van der Waals surface area contributed by atoms with Gasteiger partial charge in [0, 0.05) is 13.2 Å². The Morgan fingerprint density at radius 3 is 2.19 bits per heavy atom. The van der Waals surface area contributed by atoms with Gasteiger partial charge in [-0.15, -0.1) is 0 Å². The van der Waals surface area contributed by atoms with E-state index in [1.165, 1.54) is 44.9 Å². The summed E-state index contributed by atoms with van der Waals surface area (Å²) in [4.78, 5) is 0. The van der Waals surface area contributed by atoms with E-state index in [-0.39, 0.29) is 0 Å². The second-order valence-electron chi connectivity index (χ2n) is 4.94. The van der Waals surface area contributed by atoms with Crippen molar-refractivity contribution in [3.63, 3.8) is 0 Å². The summed E-state index contributed by atoms with van der Waals surface area (Å²) in [6.07, 6.45) is 11.9. The molecule has 0 aromatic carbocycles. The molecule has 2 heteroatoms. The Morgan fingerprint density at radius 1 is 0.938 bits per heavy atom. The fourth-order valence-electron chi connectivity index (χ4n) is 1.90. The number of unbranched alkanes of at least 4 members (excludes halogenated alkanes) is 5. The zero-order valence-electron chi connectivity index (χ0n) is 11.5. The predicted molar refractivity (Wildman–Crippen MR) is 71.7 cm³/mol. The van der Waals surface area contributed by atoms with Gasteiger partial charge in [-0.1, -0.05) is 45.4 Å². The Morgan fingerprint density at radius 2 is 1.56 bits per heavy atom. The van der Waals surface area contributed by atoms with E-state index in [2.05, 4.69) is 13.8 Å². The molecule has 0 saturated carbocycles. The molecular formula is C14H31NO. The van der Waals surface area contributed by atoms with E-state index in [0.717, 1.165) is 12.8 Å². The van der Waals surface area contributed by atoms with Gasteiger partial charge in [-0.3, -0.25) is 0 Å². The topological polar surface area (TPSA) is 35.2 Å². The van der Waals surface area contributed by atoms with Gasteiger partial charge in [0.05, 0.1) is 6.10 Å². The summed E-state index contributed by atoms with van der Waals surface area (Å²) in [6.45, 7) is 4.37. The smallest absolute Gasteiger partial charge is 0.0543 e. The molecule has 0 bridgehead atoms. The van der Waals surface area contributed by atoms with Gasteiger partial charge in [0.15, 0.2) is 0 Å². The molecule has 2 unspecified atom stereocenters. The molecule has 0 aromatic heterocycles. The Labute approximate surface area is 102 Å². The van der Waals surface area contributed by atoms with Crippen molar-refractivity contribution in [2.75, 3.05) is 7.11 Å². The highest BCUT2D eigenvalue weighted by atomic mass is 16.5. The second kappa shape index (κ2) is 11.4. The number of hydrogen-bond donors (Lipinski definition) is 1. The number of ether oxygens (including phenoxy) is 1. The van der Waals surface area contributed by atoms with Crippen molar-refractivity contribution in [1.82, 2.24) is 0 Å². The van der Waals surface area contributed by atoms with Crippen LogP contribution in [-0.4, -0.2) is 19.3 Å². The van der Waals surface area contributed by atoms with Gasteiger partial charge in [0.25, 0.3) is 0 Å². The van der Waals surface area contributed by atoms with Crippen LogP contribution >= 0.6 is 0 Å². The first-order valence-electron chi connectivity index (χ1n) is 6.99. The molecule has 0 radical (unpaired) electrons. The minimum atomic E-state index is 0.357. The molecule has 98 valence electrons. The quantitative estimate of drug-likeness (QED) is 0.546. The van der Waals surface area contributed by atoms with E-state index in [4.69, 9.17) is 10.5 Å². The third-order valence-corrected chi connectivity index (χ3v) is 3.27. The number of nitrogens with two attached hydrogens (primary N) is 1. The SMILES string of the molecule is CCCCCCCCC(N)CCC(C)OC. The van der Waals surface area contributed by atoms with Gasteiger partial charge in [0.2, 0.25) is 0 Å². The van der Waals surface area contributed by atoms with Crippen LogP contribution < -0.4 is 5.73 Å². The highest BCUT2D eigenvalue weighted by Gasteiger charge is 2.05. The van der Waals surface area contributed by atoms with E-state index in [1.807, 2.05) is 0 Å². The predicted octanol–water partition coefficient (Wildman–Crippen LogP) is 3.88. The number of methoxy groups -OCH3 is 1. The molecule has 2 atom stereocenters. The molecule has 0 aliphatic heterocycles. The molecule has 2 nitrogen and oxygen atoms in total. The van der Waals surface area contributed by atoms with Crippen LogP contribution in [0.4, 0.5) is 0 Å². The van der Waals surface area contributed by atoms with Crippen LogP contribution in [0.25, 0.3) is 0 Å². The zero-order chi connectivity index (χ0) is 12.2. The minimum absolute atomic E-state index is 0.357. The molecule has 0 saturated heterocycles. The molecule has 2 N–H and O–H groups in total. The fourth-order valence-corrected chi connectivity index (χ4v) is 1.90. The first-order valence-corrected chi connectivity index (χ1v) is 6.99. The number of hydrogen-bond acceptors (Lipinski definition) is 2. The van der Waals surface area contributed by atoms with E-state index < -0.39 is 0 Å². The fraction of sp³-hybridized carbons (Fsp3) is 1.00. The van der Waals surface area contributed by atoms with Crippen molar-refractivity contribution in [3.05, 3.63) is 0 Å². The summed E-state index contributed by atoms with van der Waals surface area (Å²) in [5, 5.41) is 0. The summed E-state index contributed by atoms with van der Waals surface area (Å²) in [7, 11) is 1.77. The summed E-state index contributed by atoms with van der Waals surface area (Å²) < 4.78 is 5.21. The Kier molecular flexibility index (Phi) is 11.3. The lowest BCUT2D eigenvalue weighted by Gasteiger charge is -2.14. The lowest BCUT2D eigenvalue weighted by molar-refractivity contribution is 0.107. The monoisotopic (exact) mass is 229 g/mol. The van der Waals surface area contributed by atoms with E-state index in [1.54, 1.807) is 7.11 Å². The molecular weight excluding hydrogens is 198 g/mol. The normalized spacial score (nSPS) is 15.0. The van der Waals surface area contributed by atoms with Gasteiger partial charge in [-0.25, -0.2) is 0 Å². The van der Waals surface area contributed by atoms with E-state index in [9.17, 15) is 0 Å². The largest absolute Gasteiger partial charge is 0.382 e. The lowest BCUT2D eigenvalue weighted by atomic mass is 10.0. The Bertz CT molecular complexity index is 139. The summed E-state index contributed by atoms with van der Waals surface area (Å²) >= 11 is 0. The molecule has 0 heterocycles.